The SMILES string of the molecule is CC(CO)C(C)NCc1ccoc1. The summed E-state index contributed by atoms with van der Waals surface area (Å²) in [5, 5.41) is 12.2. The smallest absolute Gasteiger partial charge is 0.0947 e. The van der Waals surface area contributed by atoms with Crippen molar-refractivity contribution in [1.82, 2.24) is 5.32 Å². The van der Waals surface area contributed by atoms with Gasteiger partial charge in [0.1, 0.15) is 0 Å². The fraction of sp³-hybridized carbons (Fsp3) is 0.600. The van der Waals surface area contributed by atoms with Crippen LogP contribution < -0.4 is 5.32 Å². The maximum Gasteiger partial charge on any atom is 0.0947 e. The number of aliphatic hydroxyl groups excluding tert-OH is 1. The first kappa shape index (κ1) is 10.3. The Bertz CT molecular complexity index is 221. The van der Waals surface area contributed by atoms with E-state index in [9.17, 15) is 0 Å². The molecule has 0 saturated carbocycles. The van der Waals surface area contributed by atoms with Crippen LogP contribution >= 0.6 is 0 Å². The summed E-state index contributed by atoms with van der Waals surface area (Å²) in [5.74, 6) is 0.284. The molecule has 0 fully saturated rings. The number of rotatable bonds is 5. The van der Waals surface area contributed by atoms with Gasteiger partial charge in [0, 0.05) is 24.8 Å². The zero-order chi connectivity index (χ0) is 9.68. The molecule has 74 valence electrons. The second-order valence-electron chi connectivity index (χ2n) is 3.46. The molecule has 1 aromatic rings. The average molecular weight is 183 g/mol. The minimum Gasteiger partial charge on any atom is -0.472 e. The van der Waals surface area contributed by atoms with Crippen molar-refractivity contribution < 1.29 is 9.52 Å². The van der Waals surface area contributed by atoms with Gasteiger partial charge in [-0.3, -0.25) is 0 Å². The maximum atomic E-state index is 8.90. The summed E-state index contributed by atoms with van der Waals surface area (Å²) < 4.78 is 4.94. The molecule has 2 unspecified atom stereocenters. The molecule has 1 heterocycles. The lowest BCUT2D eigenvalue weighted by Gasteiger charge is -2.18. The van der Waals surface area contributed by atoms with Crippen molar-refractivity contribution in [3.63, 3.8) is 0 Å². The lowest BCUT2D eigenvalue weighted by Crippen LogP contribution is -2.33. The molecule has 3 nitrogen and oxygen atoms in total. The molecule has 0 bridgehead atoms. The molecule has 0 saturated heterocycles. The van der Waals surface area contributed by atoms with E-state index in [1.807, 2.05) is 13.0 Å². The molecule has 0 aliphatic carbocycles. The van der Waals surface area contributed by atoms with Crippen LogP contribution in [0.15, 0.2) is 23.0 Å². The highest BCUT2D eigenvalue weighted by Crippen LogP contribution is 2.04. The topological polar surface area (TPSA) is 45.4 Å². The number of hydrogen-bond acceptors (Lipinski definition) is 3. The number of hydrogen-bond donors (Lipinski definition) is 2. The highest BCUT2D eigenvalue weighted by molar-refractivity contribution is 5.04. The molecule has 2 atom stereocenters. The average Bonchev–Trinajstić information content (AvgIpc) is 2.65. The van der Waals surface area contributed by atoms with E-state index in [1.165, 1.54) is 0 Å². The van der Waals surface area contributed by atoms with E-state index in [4.69, 9.17) is 9.52 Å². The van der Waals surface area contributed by atoms with Crippen molar-refractivity contribution in [2.45, 2.75) is 26.4 Å². The van der Waals surface area contributed by atoms with Gasteiger partial charge in [-0.2, -0.15) is 0 Å². The van der Waals surface area contributed by atoms with Gasteiger partial charge in [-0.15, -0.1) is 0 Å². The standard InChI is InChI=1S/C10H17NO2/c1-8(6-12)9(2)11-5-10-3-4-13-7-10/h3-4,7-9,11-12H,5-6H2,1-2H3. The number of furan rings is 1. The lowest BCUT2D eigenvalue weighted by molar-refractivity contribution is 0.207. The van der Waals surface area contributed by atoms with Crippen LogP contribution in [0.3, 0.4) is 0 Å². The van der Waals surface area contributed by atoms with Gasteiger partial charge in [-0.05, 0) is 18.9 Å². The minimum absolute atomic E-state index is 0.222. The van der Waals surface area contributed by atoms with E-state index >= 15 is 0 Å². The van der Waals surface area contributed by atoms with Crippen LogP contribution in [-0.2, 0) is 6.54 Å². The van der Waals surface area contributed by atoms with E-state index in [0.717, 1.165) is 12.1 Å². The Hall–Kier alpha value is -0.800. The summed E-state index contributed by atoms with van der Waals surface area (Å²) in [4.78, 5) is 0. The third kappa shape index (κ3) is 3.20. The van der Waals surface area contributed by atoms with Crippen molar-refractivity contribution in [3.8, 4) is 0 Å². The minimum atomic E-state index is 0.222. The molecular formula is C10H17NO2. The molecule has 0 aliphatic heterocycles. The fourth-order valence-corrected chi connectivity index (χ4v) is 1.03. The summed E-state index contributed by atoms with van der Waals surface area (Å²) in [6.45, 7) is 5.11. The van der Waals surface area contributed by atoms with Crippen molar-refractivity contribution in [2.75, 3.05) is 6.61 Å². The Labute approximate surface area is 78.8 Å². The molecule has 1 rings (SSSR count). The summed E-state index contributed by atoms with van der Waals surface area (Å²) >= 11 is 0. The molecule has 0 radical (unpaired) electrons. The highest BCUT2D eigenvalue weighted by Gasteiger charge is 2.09. The van der Waals surface area contributed by atoms with Crippen LogP contribution in [0.25, 0.3) is 0 Å². The lowest BCUT2D eigenvalue weighted by atomic mass is 10.1. The summed E-state index contributed by atoms with van der Waals surface area (Å²) in [6.07, 6.45) is 3.39. The van der Waals surface area contributed by atoms with Crippen LogP contribution in [0.5, 0.6) is 0 Å². The fourth-order valence-electron chi connectivity index (χ4n) is 1.03. The molecule has 0 aromatic carbocycles. The van der Waals surface area contributed by atoms with Gasteiger partial charge < -0.3 is 14.8 Å². The van der Waals surface area contributed by atoms with E-state index in [-0.39, 0.29) is 12.5 Å². The molecule has 3 heteroatoms. The quantitative estimate of drug-likeness (QED) is 0.725. The van der Waals surface area contributed by atoms with Crippen LogP contribution in [-0.4, -0.2) is 17.8 Å². The second kappa shape index (κ2) is 5.04. The zero-order valence-corrected chi connectivity index (χ0v) is 8.16. The first-order valence-electron chi connectivity index (χ1n) is 4.59. The van der Waals surface area contributed by atoms with Crippen molar-refractivity contribution in [3.05, 3.63) is 24.2 Å². The predicted octanol–water partition coefficient (Wildman–Crippen LogP) is 1.39. The van der Waals surface area contributed by atoms with E-state index in [1.54, 1.807) is 12.5 Å². The van der Waals surface area contributed by atoms with Crippen LogP contribution in [0.4, 0.5) is 0 Å². The van der Waals surface area contributed by atoms with Gasteiger partial charge in [0.15, 0.2) is 0 Å². The first-order valence-corrected chi connectivity index (χ1v) is 4.59. The van der Waals surface area contributed by atoms with Crippen LogP contribution in [0.1, 0.15) is 19.4 Å². The van der Waals surface area contributed by atoms with Crippen LogP contribution in [0.2, 0.25) is 0 Å². The summed E-state index contributed by atoms with van der Waals surface area (Å²) in [6, 6.07) is 2.25. The Kier molecular flexibility index (Phi) is 3.99. The van der Waals surface area contributed by atoms with Gasteiger partial charge in [0.05, 0.1) is 12.5 Å². The normalized spacial score (nSPS) is 15.6. The summed E-state index contributed by atoms with van der Waals surface area (Å²) in [5.41, 5.74) is 1.14. The van der Waals surface area contributed by atoms with E-state index in [2.05, 4.69) is 12.2 Å². The van der Waals surface area contributed by atoms with Gasteiger partial charge in [0.25, 0.3) is 0 Å². The van der Waals surface area contributed by atoms with Gasteiger partial charge in [-0.1, -0.05) is 6.92 Å². The van der Waals surface area contributed by atoms with Crippen molar-refractivity contribution in [2.24, 2.45) is 5.92 Å². The third-order valence-corrected chi connectivity index (χ3v) is 2.35. The second-order valence-corrected chi connectivity index (χ2v) is 3.46. The largest absolute Gasteiger partial charge is 0.472 e. The molecule has 13 heavy (non-hydrogen) atoms. The number of nitrogens with one attached hydrogen (secondary N) is 1. The van der Waals surface area contributed by atoms with Crippen molar-refractivity contribution in [1.29, 1.82) is 0 Å². The third-order valence-electron chi connectivity index (χ3n) is 2.35. The zero-order valence-electron chi connectivity index (χ0n) is 8.16. The Morgan fingerprint density at radius 2 is 2.31 bits per heavy atom. The summed E-state index contributed by atoms with van der Waals surface area (Å²) in [7, 11) is 0. The number of aliphatic hydroxyl groups is 1. The molecule has 0 spiro atoms. The molecule has 1 aromatic heterocycles. The Morgan fingerprint density at radius 3 is 2.85 bits per heavy atom. The van der Waals surface area contributed by atoms with Crippen molar-refractivity contribution >= 4 is 0 Å². The van der Waals surface area contributed by atoms with Crippen LogP contribution in [0, 0.1) is 5.92 Å². The van der Waals surface area contributed by atoms with E-state index in [0.29, 0.717) is 6.04 Å². The highest BCUT2D eigenvalue weighted by atomic mass is 16.3. The predicted molar refractivity (Wildman–Crippen MR) is 51.3 cm³/mol. The monoisotopic (exact) mass is 183 g/mol. The molecule has 0 aliphatic rings. The maximum absolute atomic E-state index is 8.90. The van der Waals surface area contributed by atoms with Gasteiger partial charge in [-0.25, -0.2) is 0 Å². The van der Waals surface area contributed by atoms with E-state index < -0.39 is 0 Å². The molecule has 2 N–H and O–H groups in total. The van der Waals surface area contributed by atoms with Gasteiger partial charge >= 0.3 is 0 Å². The van der Waals surface area contributed by atoms with Gasteiger partial charge in [0.2, 0.25) is 0 Å². The molecule has 0 amide bonds. The Balaban J connectivity index is 2.26. The first-order chi connectivity index (χ1) is 6.24. The Morgan fingerprint density at radius 1 is 1.54 bits per heavy atom. The molecular weight excluding hydrogens is 166 g/mol.